The van der Waals surface area contributed by atoms with E-state index in [-0.39, 0.29) is 18.5 Å². The number of carbonyl (C=O) groups is 1. The maximum atomic E-state index is 13.5. The molecule has 0 radical (unpaired) electrons. The molecular weight excluding hydrogens is 258 g/mol. The van der Waals surface area contributed by atoms with Crippen molar-refractivity contribution in [2.45, 2.75) is 12.5 Å². The SMILES string of the molecule is COC(CNc1c(F)cc(C#N)cc1F)CC(=O)O. The Balaban J connectivity index is 2.77. The summed E-state index contributed by atoms with van der Waals surface area (Å²) in [5.41, 5.74) is -0.541. The van der Waals surface area contributed by atoms with E-state index in [9.17, 15) is 13.6 Å². The second kappa shape index (κ2) is 6.66. The molecule has 0 fully saturated rings. The largest absolute Gasteiger partial charge is 0.481 e. The number of carboxylic acid groups (broad SMARTS) is 1. The topological polar surface area (TPSA) is 82.3 Å². The number of aliphatic carboxylic acids is 1. The Morgan fingerprint density at radius 2 is 2.11 bits per heavy atom. The standard InChI is InChI=1S/C12H12F2N2O3/c1-19-8(4-11(17)18)6-16-12-9(13)2-7(5-15)3-10(12)14/h2-3,8,16H,4,6H2,1H3,(H,17,18). The number of ether oxygens (including phenoxy) is 1. The van der Waals surface area contributed by atoms with Gasteiger partial charge in [-0.3, -0.25) is 4.79 Å². The van der Waals surface area contributed by atoms with Crippen LogP contribution < -0.4 is 5.32 Å². The monoisotopic (exact) mass is 270 g/mol. The van der Waals surface area contributed by atoms with Crippen LogP contribution in [0.2, 0.25) is 0 Å². The van der Waals surface area contributed by atoms with Gasteiger partial charge < -0.3 is 15.2 Å². The molecule has 0 saturated carbocycles. The van der Waals surface area contributed by atoms with Gasteiger partial charge >= 0.3 is 5.97 Å². The summed E-state index contributed by atoms with van der Waals surface area (Å²) >= 11 is 0. The maximum absolute atomic E-state index is 13.5. The molecule has 0 saturated heterocycles. The number of rotatable bonds is 6. The molecule has 0 bridgehead atoms. The predicted octanol–water partition coefficient (Wildman–Crippen LogP) is 1.74. The number of hydrogen-bond donors (Lipinski definition) is 2. The van der Waals surface area contributed by atoms with Gasteiger partial charge in [-0.2, -0.15) is 5.26 Å². The minimum absolute atomic E-state index is 0.0669. The molecule has 102 valence electrons. The molecule has 0 amide bonds. The lowest BCUT2D eigenvalue weighted by Crippen LogP contribution is -2.25. The number of nitrogens with zero attached hydrogens (tertiary/aromatic N) is 1. The van der Waals surface area contributed by atoms with Gasteiger partial charge in [0.05, 0.1) is 24.2 Å². The van der Waals surface area contributed by atoms with Crippen LogP contribution in [0.15, 0.2) is 12.1 Å². The van der Waals surface area contributed by atoms with Crippen molar-refractivity contribution in [3.05, 3.63) is 29.3 Å². The molecule has 0 aliphatic rings. The molecule has 0 heterocycles. The molecule has 19 heavy (non-hydrogen) atoms. The molecule has 0 spiro atoms. The number of benzene rings is 1. The first-order valence-electron chi connectivity index (χ1n) is 5.35. The fraction of sp³-hybridized carbons (Fsp3) is 0.333. The fourth-order valence-electron chi connectivity index (χ4n) is 1.46. The third kappa shape index (κ3) is 4.19. The van der Waals surface area contributed by atoms with Crippen LogP contribution in [0.1, 0.15) is 12.0 Å². The van der Waals surface area contributed by atoms with Gasteiger partial charge in [0.25, 0.3) is 0 Å². The molecule has 0 aliphatic carbocycles. The number of anilines is 1. The Kier molecular flexibility index (Phi) is 5.21. The summed E-state index contributed by atoms with van der Waals surface area (Å²) < 4.78 is 31.9. The van der Waals surface area contributed by atoms with Crippen molar-refractivity contribution in [1.82, 2.24) is 0 Å². The molecule has 1 atom stereocenters. The Bertz CT molecular complexity index is 491. The van der Waals surface area contributed by atoms with E-state index >= 15 is 0 Å². The van der Waals surface area contributed by atoms with Gasteiger partial charge in [-0.15, -0.1) is 0 Å². The Hall–Kier alpha value is -2.20. The Morgan fingerprint density at radius 1 is 1.53 bits per heavy atom. The third-order valence-electron chi connectivity index (χ3n) is 2.41. The van der Waals surface area contributed by atoms with Gasteiger partial charge in [0.15, 0.2) is 11.6 Å². The summed E-state index contributed by atoms with van der Waals surface area (Å²) in [4.78, 5) is 10.5. The van der Waals surface area contributed by atoms with E-state index in [2.05, 4.69) is 5.32 Å². The molecule has 1 aromatic carbocycles. The first-order valence-corrected chi connectivity index (χ1v) is 5.35. The number of hydrogen-bond acceptors (Lipinski definition) is 4. The third-order valence-corrected chi connectivity index (χ3v) is 2.41. The minimum atomic E-state index is -1.07. The van der Waals surface area contributed by atoms with E-state index in [0.717, 1.165) is 12.1 Å². The van der Waals surface area contributed by atoms with E-state index in [0.29, 0.717) is 0 Å². The van der Waals surface area contributed by atoms with E-state index in [4.69, 9.17) is 15.1 Å². The highest BCUT2D eigenvalue weighted by Crippen LogP contribution is 2.20. The summed E-state index contributed by atoms with van der Waals surface area (Å²) in [7, 11) is 1.31. The van der Waals surface area contributed by atoms with E-state index in [1.807, 2.05) is 0 Å². The van der Waals surface area contributed by atoms with E-state index in [1.54, 1.807) is 6.07 Å². The van der Waals surface area contributed by atoms with Gasteiger partial charge in [-0.25, -0.2) is 8.78 Å². The number of halogens is 2. The summed E-state index contributed by atoms with van der Waals surface area (Å²) in [5.74, 6) is -2.90. The summed E-state index contributed by atoms with van der Waals surface area (Å²) in [6.07, 6.45) is -1.00. The Labute approximate surface area is 108 Å². The van der Waals surface area contributed by atoms with Crippen molar-refractivity contribution >= 4 is 11.7 Å². The van der Waals surface area contributed by atoms with Gasteiger partial charge in [0.1, 0.15) is 5.69 Å². The van der Waals surface area contributed by atoms with Crippen LogP contribution in [0.5, 0.6) is 0 Å². The fourth-order valence-corrected chi connectivity index (χ4v) is 1.46. The smallest absolute Gasteiger partial charge is 0.306 e. The summed E-state index contributed by atoms with van der Waals surface area (Å²) in [5, 5.41) is 19.6. The molecule has 5 nitrogen and oxygen atoms in total. The molecule has 7 heteroatoms. The van der Waals surface area contributed by atoms with Crippen LogP contribution in [0.4, 0.5) is 14.5 Å². The minimum Gasteiger partial charge on any atom is -0.481 e. The van der Waals surface area contributed by atoms with Crippen molar-refractivity contribution in [3.8, 4) is 6.07 Å². The predicted molar refractivity (Wildman–Crippen MR) is 62.6 cm³/mol. The van der Waals surface area contributed by atoms with Gasteiger partial charge in [0, 0.05) is 13.7 Å². The van der Waals surface area contributed by atoms with E-state index < -0.39 is 29.4 Å². The average molecular weight is 270 g/mol. The molecule has 0 aromatic heterocycles. The van der Waals surface area contributed by atoms with Crippen LogP contribution in [0.3, 0.4) is 0 Å². The lowest BCUT2D eigenvalue weighted by Gasteiger charge is -2.15. The lowest BCUT2D eigenvalue weighted by molar-refractivity contribution is -0.139. The number of methoxy groups -OCH3 is 1. The molecule has 1 rings (SSSR count). The zero-order valence-corrected chi connectivity index (χ0v) is 10.1. The van der Waals surface area contributed by atoms with Crippen LogP contribution in [-0.4, -0.2) is 30.8 Å². The first-order chi connectivity index (χ1) is 8.97. The number of nitriles is 1. The highest BCUT2D eigenvalue weighted by atomic mass is 19.1. The van der Waals surface area contributed by atoms with Crippen molar-refractivity contribution < 1.29 is 23.4 Å². The molecule has 2 N–H and O–H groups in total. The second-order valence-electron chi connectivity index (χ2n) is 3.76. The first kappa shape index (κ1) is 14.9. The second-order valence-corrected chi connectivity index (χ2v) is 3.76. The lowest BCUT2D eigenvalue weighted by atomic mass is 10.2. The van der Waals surface area contributed by atoms with Crippen molar-refractivity contribution in [2.24, 2.45) is 0 Å². The van der Waals surface area contributed by atoms with Crippen molar-refractivity contribution in [2.75, 3.05) is 19.0 Å². The number of nitrogens with one attached hydrogen (secondary N) is 1. The van der Waals surface area contributed by atoms with Crippen LogP contribution in [0, 0.1) is 23.0 Å². The highest BCUT2D eigenvalue weighted by Gasteiger charge is 2.15. The zero-order valence-electron chi connectivity index (χ0n) is 10.1. The molecule has 1 aromatic rings. The average Bonchev–Trinajstić information content (AvgIpc) is 2.35. The summed E-state index contributed by atoms with van der Waals surface area (Å²) in [6, 6.07) is 3.41. The van der Waals surface area contributed by atoms with Crippen LogP contribution >= 0.6 is 0 Å². The van der Waals surface area contributed by atoms with Crippen LogP contribution in [0.25, 0.3) is 0 Å². The maximum Gasteiger partial charge on any atom is 0.306 e. The quantitative estimate of drug-likeness (QED) is 0.822. The Morgan fingerprint density at radius 3 is 2.53 bits per heavy atom. The molecule has 1 unspecified atom stereocenters. The van der Waals surface area contributed by atoms with Gasteiger partial charge in [-0.1, -0.05) is 0 Å². The van der Waals surface area contributed by atoms with Gasteiger partial charge in [0.2, 0.25) is 0 Å². The highest BCUT2D eigenvalue weighted by molar-refractivity contribution is 5.67. The van der Waals surface area contributed by atoms with Crippen molar-refractivity contribution in [1.29, 1.82) is 5.26 Å². The number of carboxylic acids is 1. The summed E-state index contributed by atoms with van der Waals surface area (Å²) in [6.45, 7) is -0.0669. The van der Waals surface area contributed by atoms with Crippen molar-refractivity contribution in [3.63, 3.8) is 0 Å². The van der Waals surface area contributed by atoms with Gasteiger partial charge in [-0.05, 0) is 12.1 Å². The van der Waals surface area contributed by atoms with E-state index in [1.165, 1.54) is 7.11 Å². The molecular formula is C12H12F2N2O3. The normalized spacial score (nSPS) is 11.7. The molecule has 0 aliphatic heterocycles. The van der Waals surface area contributed by atoms with Crippen LogP contribution in [-0.2, 0) is 9.53 Å². The zero-order chi connectivity index (χ0) is 14.4.